The summed E-state index contributed by atoms with van der Waals surface area (Å²) in [5, 5.41) is 28.6. The molecule has 0 saturated carbocycles. The average molecular weight is 698 g/mol. The van der Waals surface area contributed by atoms with Gasteiger partial charge in [0.1, 0.15) is 12.2 Å². The van der Waals surface area contributed by atoms with Gasteiger partial charge < -0.3 is 16.3 Å². The van der Waals surface area contributed by atoms with Crippen LogP contribution in [0.2, 0.25) is 0 Å². The summed E-state index contributed by atoms with van der Waals surface area (Å²) in [5.41, 5.74) is 7.93. The Morgan fingerprint density at radius 3 is 2.00 bits per heavy atom. The maximum atomic E-state index is 14.9. The molecule has 4 rings (SSSR count). The van der Waals surface area contributed by atoms with Crippen LogP contribution in [0.25, 0.3) is 11.1 Å². The number of oxime groups is 1. The summed E-state index contributed by atoms with van der Waals surface area (Å²) in [6, 6.07) is 22.2. The van der Waals surface area contributed by atoms with Crippen LogP contribution in [0.4, 0.5) is 15.8 Å². The third-order valence-electron chi connectivity index (χ3n) is 6.60. The molecule has 0 fully saturated rings. The number of sulfonamides is 1. The summed E-state index contributed by atoms with van der Waals surface area (Å²) in [4.78, 5) is 23.3. The fourth-order valence-electron chi connectivity index (χ4n) is 4.24. The first kappa shape index (κ1) is 43.9. The van der Waals surface area contributed by atoms with Gasteiger partial charge in [-0.1, -0.05) is 112 Å². The zero-order chi connectivity index (χ0) is 37.7. The van der Waals surface area contributed by atoms with Crippen molar-refractivity contribution in [1.82, 2.24) is 0 Å². The number of rotatable bonds is 7. The Kier molecular flexibility index (Phi) is 20.1. The van der Waals surface area contributed by atoms with Crippen LogP contribution in [0.5, 0.6) is 0 Å². The lowest BCUT2D eigenvalue weighted by Crippen LogP contribution is -2.16. The fourth-order valence-corrected chi connectivity index (χ4v) is 5.00. The van der Waals surface area contributed by atoms with Gasteiger partial charge in [-0.15, -0.1) is 0 Å². The number of aryl methyl sites for hydroxylation is 2. The first-order valence-corrected chi connectivity index (χ1v) is 17.2. The minimum absolute atomic E-state index is 0.0477. The topological polar surface area (TPSA) is 191 Å². The van der Waals surface area contributed by atoms with Crippen LogP contribution < -0.4 is 16.2 Å². The molecule has 266 valence electrons. The Labute approximate surface area is 289 Å². The number of halogens is 1. The zero-order valence-electron chi connectivity index (χ0n) is 29.3. The van der Waals surface area contributed by atoms with E-state index in [-0.39, 0.29) is 38.9 Å². The van der Waals surface area contributed by atoms with E-state index in [1.807, 2.05) is 41.5 Å². The van der Waals surface area contributed by atoms with E-state index in [4.69, 9.17) is 10.3 Å². The first-order chi connectivity index (χ1) is 23.2. The summed E-state index contributed by atoms with van der Waals surface area (Å²) >= 11 is 0. The number of nitrogens with zero attached hydrogens (tertiary/aromatic N) is 2. The number of hydrogen-bond acceptors (Lipinski definition) is 7. The van der Waals surface area contributed by atoms with Crippen LogP contribution in [0.1, 0.15) is 80.9 Å². The van der Waals surface area contributed by atoms with Crippen LogP contribution in [0.15, 0.2) is 95.0 Å². The SMILES string of the molecule is CC.CC.CCC(C)c1ccc([N+](=O)[O-])cc1C(=O)Nc1ccc(-c2ccccc2S(N)(=O)=O)cc1F.Cc1cccc(C)c1.N/C=N/O. The zero-order valence-corrected chi connectivity index (χ0v) is 30.1. The fraction of sp³-hybridized carbons (Fsp3) is 0.278. The molecule has 0 heterocycles. The highest BCUT2D eigenvalue weighted by molar-refractivity contribution is 7.89. The summed E-state index contributed by atoms with van der Waals surface area (Å²) in [5.74, 6) is -1.54. The van der Waals surface area contributed by atoms with Crippen molar-refractivity contribution in [1.29, 1.82) is 0 Å². The van der Waals surface area contributed by atoms with Crippen LogP contribution in [0.3, 0.4) is 0 Å². The number of carbonyl (C=O) groups excluding carboxylic acids is 1. The molecule has 0 spiro atoms. The second kappa shape index (κ2) is 22.4. The van der Waals surface area contributed by atoms with E-state index in [9.17, 15) is 27.7 Å². The highest BCUT2D eigenvalue weighted by Gasteiger charge is 2.21. The molecule has 4 aromatic carbocycles. The number of nitro groups is 1. The third kappa shape index (κ3) is 14.3. The molecule has 0 aliphatic carbocycles. The first-order valence-electron chi connectivity index (χ1n) is 15.7. The van der Waals surface area contributed by atoms with Gasteiger partial charge in [0.25, 0.3) is 11.6 Å². The Morgan fingerprint density at radius 1 is 0.980 bits per heavy atom. The minimum atomic E-state index is -4.03. The monoisotopic (exact) mass is 697 g/mol. The largest absolute Gasteiger partial charge is 0.410 e. The van der Waals surface area contributed by atoms with Gasteiger partial charge in [-0.25, -0.2) is 17.9 Å². The third-order valence-corrected chi connectivity index (χ3v) is 7.57. The molecule has 13 heteroatoms. The molecule has 0 aliphatic rings. The van der Waals surface area contributed by atoms with Crippen molar-refractivity contribution in [2.24, 2.45) is 16.0 Å². The quantitative estimate of drug-likeness (QED) is 0.0489. The Hall–Kier alpha value is -5.14. The standard InChI is InChI=1S/C23H22FN3O5S.C8H10.2C2H6.CH4N2O/c1-3-14(2)17-10-9-16(27(29)30)13-19(17)23(28)26-21-11-8-15(12-20(21)24)18-6-4-5-7-22(18)33(25,31)32;1-7-4-3-5-8(2)6-7;2*1-2;2-1-3-4/h4-14H,3H2,1-2H3,(H,26,28)(H2,25,31,32);3-6H,1-2H3;2*1-2H3;1,4H,(H2,2,3). The number of anilines is 1. The molecule has 4 aromatic rings. The van der Waals surface area contributed by atoms with E-state index in [0.717, 1.165) is 12.4 Å². The predicted octanol–water partition coefficient (Wildman–Crippen LogP) is 8.53. The second-order valence-corrected chi connectivity index (χ2v) is 11.5. The van der Waals surface area contributed by atoms with Gasteiger partial charge in [0, 0.05) is 23.3 Å². The normalized spacial score (nSPS) is 10.7. The number of carbonyl (C=O) groups is 1. The van der Waals surface area contributed by atoms with Crippen LogP contribution in [0, 0.1) is 29.8 Å². The Balaban J connectivity index is 0.00000120. The van der Waals surface area contributed by atoms with Crippen molar-refractivity contribution in [3.63, 3.8) is 0 Å². The van der Waals surface area contributed by atoms with E-state index in [0.29, 0.717) is 12.0 Å². The summed E-state index contributed by atoms with van der Waals surface area (Å²) in [6.07, 6.45) is 1.50. The van der Waals surface area contributed by atoms with Gasteiger partial charge in [0.15, 0.2) is 0 Å². The lowest BCUT2D eigenvalue weighted by Gasteiger charge is -2.15. The summed E-state index contributed by atoms with van der Waals surface area (Å²) in [6.45, 7) is 16.0. The lowest BCUT2D eigenvalue weighted by molar-refractivity contribution is -0.384. The molecule has 1 atom stereocenters. The van der Waals surface area contributed by atoms with Gasteiger partial charge >= 0.3 is 0 Å². The van der Waals surface area contributed by atoms with Gasteiger partial charge in [0.2, 0.25) is 10.0 Å². The molecule has 11 nitrogen and oxygen atoms in total. The molecule has 1 unspecified atom stereocenters. The van der Waals surface area contributed by atoms with E-state index < -0.39 is 26.7 Å². The molecule has 6 N–H and O–H groups in total. The van der Waals surface area contributed by atoms with Gasteiger partial charge in [-0.2, -0.15) is 0 Å². The molecule has 49 heavy (non-hydrogen) atoms. The predicted molar refractivity (Wildman–Crippen MR) is 196 cm³/mol. The van der Waals surface area contributed by atoms with Crippen LogP contribution in [-0.4, -0.2) is 30.8 Å². The lowest BCUT2D eigenvalue weighted by atomic mass is 9.92. The number of primary sulfonamides is 1. The van der Waals surface area contributed by atoms with Gasteiger partial charge in [0.05, 0.1) is 15.5 Å². The Bertz CT molecular complexity index is 1760. The molecular weight excluding hydrogens is 649 g/mol. The van der Waals surface area contributed by atoms with Crippen molar-refractivity contribution in [3.05, 3.63) is 123 Å². The van der Waals surface area contributed by atoms with Gasteiger partial charge in [-0.3, -0.25) is 14.9 Å². The van der Waals surface area contributed by atoms with Crippen molar-refractivity contribution in [2.45, 2.75) is 72.6 Å². The maximum Gasteiger partial charge on any atom is 0.270 e. The van der Waals surface area contributed by atoms with E-state index in [1.165, 1.54) is 59.7 Å². The van der Waals surface area contributed by atoms with Crippen molar-refractivity contribution in [2.75, 3.05) is 5.32 Å². The summed E-state index contributed by atoms with van der Waals surface area (Å²) < 4.78 is 38.6. The minimum Gasteiger partial charge on any atom is -0.410 e. The molecule has 0 aromatic heterocycles. The molecule has 0 saturated heterocycles. The number of nitrogens with one attached hydrogen (secondary N) is 1. The molecule has 0 aliphatic heterocycles. The van der Waals surface area contributed by atoms with Crippen LogP contribution in [-0.2, 0) is 10.0 Å². The highest BCUT2D eigenvalue weighted by Crippen LogP contribution is 2.31. The molecule has 0 radical (unpaired) electrons. The Morgan fingerprint density at radius 2 is 1.55 bits per heavy atom. The number of non-ortho nitro benzene ring substituents is 1. The van der Waals surface area contributed by atoms with Crippen LogP contribution >= 0.6 is 0 Å². The van der Waals surface area contributed by atoms with E-state index in [1.54, 1.807) is 6.07 Å². The van der Waals surface area contributed by atoms with E-state index in [2.05, 4.69) is 54.3 Å². The van der Waals surface area contributed by atoms with Gasteiger partial charge in [-0.05, 0) is 55.5 Å². The number of hydrogen-bond donors (Lipinski definition) is 4. The maximum absolute atomic E-state index is 14.9. The number of nitro benzene ring substituents is 1. The highest BCUT2D eigenvalue weighted by atomic mass is 32.2. The van der Waals surface area contributed by atoms with Crippen molar-refractivity contribution in [3.8, 4) is 11.1 Å². The number of nitrogens with two attached hydrogens (primary N) is 2. The smallest absolute Gasteiger partial charge is 0.270 e. The van der Waals surface area contributed by atoms with Crippen molar-refractivity contribution >= 4 is 33.6 Å². The average Bonchev–Trinajstić information content (AvgIpc) is 3.10. The second-order valence-electron chi connectivity index (χ2n) is 9.95. The molecular formula is C36H48FN5O6S. The summed E-state index contributed by atoms with van der Waals surface area (Å²) in [7, 11) is -4.03. The number of benzene rings is 4. The number of amides is 1. The van der Waals surface area contributed by atoms with Crippen molar-refractivity contribution < 1.29 is 27.7 Å². The van der Waals surface area contributed by atoms with E-state index >= 15 is 0 Å². The molecule has 1 amide bonds. The molecule has 0 bridgehead atoms.